The summed E-state index contributed by atoms with van der Waals surface area (Å²) in [6.07, 6.45) is 0. The fourth-order valence-corrected chi connectivity index (χ4v) is 3.49. The van der Waals surface area contributed by atoms with E-state index in [0.717, 1.165) is 0 Å². The molecule has 0 aliphatic heterocycles. The minimum atomic E-state index is -3.65. The van der Waals surface area contributed by atoms with Crippen LogP contribution in [0.1, 0.15) is 10.4 Å². The molecular weight excluding hydrogens is 390 g/mol. The van der Waals surface area contributed by atoms with Crippen LogP contribution < -0.4 is 15.3 Å². The van der Waals surface area contributed by atoms with Crippen LogP contribution in [0.5, 0.6) is 5.75 Å². The molecule has 0 saturated heterocycles. The van der Waals surface area contributed by atoms with Crippen LogP contribution in [0.25, 0.3) is 0 Å². The maximum Gasteiger partial charge on any atom is 0.258 e. The third kappa shape index (κ3) is 3.11. The molecule has 0 radical (unpaired) electrons. The minimum Gasteiger partial charge on any atom is -0.497 e. The van der Waals surface area contributed by atoms with E-state index >= 15 is 0 Å². The lowest BCUT2D eigenvalue weighted by atomic mass is 10.2. The average molecular weight is 402 g/mol. The van der Waals surface area contributed by atoms with Crippen LogP contribution in [0.4, 0.5) is 0 Å². The van der Waals surface area contributed by atoms with Crippen LogP contribution >= 0.6 is 30.0 Å². The van der Waals surface area contributed by atoms with E-state index in [2.05, 4.69) is 0 Å². The van der Waals surface area contributed by atoms with E-state index in [1.807, 2.05) is 0 Å². The molecule has 0 aromatic heterocycles. The Bertz CT molecular complexity index is 665. The highest BCUT2D eigenvalue weighted by atomic mass is 127. The number of ether oxygens (including phenoxy) is 1. The Labute approximate surface area is 130 Å². The molecule has 6 heteroatoms. The molecule has 0 saturated carbocycles. The van der Waals surface area contributed by atoms with E-state index in [4.69, 9.17) is 4.74 Å². The summed E-state index contributed by atoms with van der Waals surface area (Å²) in [7, 11) is -2.11. The van der Waals surface area contributed by atoms with Crippen molar-refractivity contribution in [3.05, 3.63) is 54.1 Å². The van der Waals surface area contributed by atoms with Crippen molar-refractivity contribution >= 4 is 44.4 Å². The third-order valence-corrected chi connectivity index (χ3v) is 5.49. The molecule has 0 heterocycles. The molecule has 1 unspecified atom stereocenters. The third-order valence-electron chi connectivity index (χ3n) is 2.87. The Balaban J connectivity index is 2.37. The number of carbonyl (C=O) groups excluding carboxylic acids is 1. The number of hydrogen-bond acceptors (Lipinski definition) is 3. The van der Waals surface area contributed by atoms with Gasteiger partial charge in [-0.3, -0.25) is 9.36 Å². The van der Waals surface area contributed by atoms with Crippen molar-refractivity contribution in [1.29, 1.82) is 0 Å². The molecule has 1 N–H and O–H groups in total. The van der Waals surface area contributed by atoms with Gasteiger partial charge >= 0.3 is 0 Å². The van der Waals surface area contributed by atoms with E-state index in [9.17, 15) is 14.3 Å². The van der Waals surface area contributed by atoms with E-state index in [1.165, 1.54) is 19.2 Å². The van der Waals surface area contributed by atoms with Crippen molar-refractivity contribution in [3.8, 4) is 5.75 Å². The topological polar surface area (TPSA) is 63.6 Å². The Morgan fingerprint density at radius 2 is 1.50 bits per heavy atom. The van der Waals surface area contributed by atoms with Crippen LogP contribution in [-0.4, -0.2) is 15.8 Å². The molecule has 0 aliphatic carbocycles. The van der Waals surface area contributed by atoms with Crippen LogP contribution in [0.2, 0.25) is 0 Å². The van der Waals surface area contributed by atoms with Gasteiger partial charge in [0.15, 0.2) is 0 Å². The summed E-state index contributed by atoms with van der Waals surface area (Å²) in [6.45, 7) is 0. The maximum atomic E-state index is 12.5. The average Bonchev–Trinajstić information content (AvgIpc) is 2.47. The van der Waals surface area contributed by atoms with Crippen LogP contribution in [0.3, 0.4) is 0 Å². The van der Waals surface area contributed by atoms with Gasteiger partial charge in [-0.25, -0.2) is 0 Å². The van der Waals surface area contributed by atoms with Crippen molar-refractivity contribution in [2.45, 2.75) is 0 Å². The normalized spacial score (nSPS) is 13.6. The summed E-state index contributed by atoms with van der Waals surface area (Å²) < 4.78 is 17.4. The van der Waals surface area contributed by atoms with Crippen molar-refractivity contribution in [2.24, 2.45) is 0 Å². The molecule has 104 valence electrons. The lowest BCUT2D eigenvalue weighted by Crippen LogP contribution is -2.15. The van der Waals surface area contributed by atoms with E-state index in [-0.39, 0.29) is 3.79 Å². The van der Waals surface area contributed by atoms with Crippen molar-refractivity contribution in [2.75, 3.05) is 7.11 Å². The first-order chi connectivity index (χ1) is 9.45. The molecule has 0 aliphatic rings. The Morgan fingerprint density at radius 1 is 1.05 bits per heavy atom. The van der Waals surface area contributed by atoms with Gasteiger partial charge in [0.25, 0.3) is 7.37 Å². The zero-order valence-corrected chi connectivity index (χ0v) is 13.7. The van der Waals surface area contributed by atoms with E-state index in [1.54, 1.807) is 59.0 Å². The fourth-order valence-electron chi connectivity index (χ4n) is 1.73. The summed E-state index contributed by atoms with van der Waals surface area (Å²) in [6, 6.07) is 12.5. The first kappa shape index (κ1) is 15.2. The number of benzene rings is 2. The number of methoxy groups -OCH3 is 1. The highest BCUT2D eigenvalue weighted by Crippen LogP contribution is 2.38. The number of carbonyl (C=O) groups is 1. The van der Waals surface area contributed by atoms with Gasteiger partial charge in [-0.05, 0) is 48.5 Å². The quantitative estimate of drug-likeness (QED) is 0.485. The van der Waals surface area contributed by atoms with Gasteiger partial charge < -0.3 is 9.63 Å². The Kier molecular flexibility index (Phi) is 4.62. The van der Waals surface area contributed by atoms with Gasteiger partial charge in [-0.1, -0.05) is 0 Å². The summed E-state index contributed by atoms with van der Waals surface area (Å²) in [5.74, 6) is 0.625. The molecule has 1 atom stereocenters. The summed E-state index contributed by atoms with van der Waals surface area (Å²) in [4.78, 5) is 21.5. The van der Waals surface area contributed by atoms with Crippen molar-refractivity contribution in [3.63, 3.8) is 0 Å². The van der Waals surface area contributed by atoms with Gasteiger partial charge in [0.1, 0.15) is 5.75 Å². The Morgan fingerprint density at radius 3 is 1.90 bits per heavy atom. The molecule has 2 aromatic carbocycles. The van der Waals surface area contributed by atoms with Crippen molar-refractivity contribution < 1.29 is 19.0 Å². The highest BCUT2D eigenvalue weighted by molar-refractivity contribution is 14.1. The second-order valence-corrected chi connectivity index (χ2v) is 7.26. The smallest absolute Gasteiger partial charge is 0.258 e. The predicted molar refractivity (Wildman–Crippen MR) is 86.9 cm³/mol. The molecule has 20 heavy (non-hydrogen) atoms. The van der Waals surface area contributed by atoms with Gasteiger partial charge in [0.2, 0.25) is 3.79 Å². The second kappa shape index (κ2) is 6.08. The number of rotatable bonds is 4. The van der Waals surface area contributed by atoms with E-state index in [0.29, 0.717) is 21.9 Å². The van der Waals surface area contributed by atoms with Crippen LogP contribution in [-0.2, 0) is 4.57 Å². The SMILES string of the molecule is COc1ccc(P(=O)(O)c2ccc(C(=O)I)cc2)cc1. The van der Waals surface area contributed by atoms with Gasteiger partial charge in [-0.2, -0.15) is 0 Å². The first-order valence-corrected chi connectivity index (χ1v) is 8.47. The predicted octanol–water partition coefficient (Wildman–Crippen LogP) is 2.49. The lowest BCUT2D eigenvalue weighted by molar-refractivity contribution is 0.110. The van der Waals surface area contributed by atoms with E-state index < -0.39 is 7.37 Å². The molecule has 2 aromatic rings. The first-order valence-electron chi connectivity index (χ1n) is 5.73. The minimum absolute atomic E-state index is 0.105. The summed E-state index contributed by atoms with van der Waals surface area (Å²) >= 11 is 1.68. The van der Waals surface area contributed by atoms with Crippen LogP contribution in [0, 0.1) is 0 Å². The van der Waals surface area contributed by atoms with Crippen molar-refractivity contribution in [1.82, 2.24) is 0 Å². The lowest BCUT2D eigenvalue weighted by Gasteiger charge is -2.12. The number of halogens is 1. The summed E-state index contributed by atoms with van der Waals surface area (Å²) in [5.41, 5.74) is 0.504. The summed E-state index contributed by atoms with van der Waals surface area (Å²) in [5, 5.41) is 0.621. The zero-order chi connectivity index (χ0) is 14.8. The molecule has 0 bridgehead atoms. The largest absolute Gasteiger partial charge is 0.497 e. The molecule has 4 nitrogen and oxygen atoms in total. The highest BCUT2D eigenvalue weighted by Gasteiger charge is 2.24. The monoisotopic (exact) mass is 402 g/mol. The zero-order valence-electron chi connectivity index (χ0n) is 10.6. The molecule has 0 fully saturated rings. The maximum absolute atomic E-state index is 12.5. The second-order valence-electron chi connectivity index (χ2n) is 4.09. The number of hydrogen-bond donors (Lipinski definition) is 1. The van der Waals surface area contributed by atoms with Gasteiger partial charge in [0.05, 0.1) is 7.11 Å². The molecule has 2 rings (SSSR count). The Hall–Kier alpha value is -1.17. The standard InChI is InChI=1S/C14H12IO4P/c1-19-11-4-8-13(9-5-11)20(17,18)12-6-2-10(3-7-12)14(15)16/h2-9H,1H3,(H,17,18). The fraction of sp³-hybridized carbons (Fsp3) is 0.0714. The molecule has 0 spiro atoms. The van der Waals surface area contributed by atoms with Gasteiger partial charge in [-0.15, -0.1) is 0 Å². The molecular formula is C14H12IO4P. The van der Waals surface area contributed by atoms with Crippen LogP contribution in [0.15, 0.2) is 48.5 Å². The van der Waals surface area contributed by atoms with Gasteiger partial charge in [0, 0.05) is 38.8 Å². The molecule has 0 amide bonds.